The van der Waals surface area contributed by atoms with Gasteiger partial charge in [0.1, 0.15) is 6.67 Å². The predicted molar refractivity (Wildman–Crippen MR) is 41.3 cm³/mol. The van der Waals surface area contributed by atoms with Crippen LogP contribution in [0.1, 0.15) is 6.42 Å². The second kappa shape index (κ2) is 7.91. The van der Waals surface area contributed by atoms with Crippen LogP contribution >= 0.6 is 0 Å². The number of rotatable bonds is 7. The van der Waals surface area contributed by atoms with Crippen molar-refractivity contribution < 1.29 is 14.2 Å². The zero-order chi connectivity index (χ0) is 8.53. The lowest BCUT2D eigenvalue weighted by Crippen LogP contribution is -2.35. The van der Waals surface area contributed by atoms with Crippen LogP contribution in [0.4, 0.5) is 4.39 Å². The number of hydrogen-bond donors (Lipinski definition) is 2. The maximum atomic E-state index is 11.7. The van der Waals surface area contributed by atoms with Gasteiger partial charge in [-0.25, -0.2) is 4.39 Å². The highest BCUT2D eigenvalue weighted by molar-refractivity contribution is 4.64. The summed E-state index contributed by atoms with van der Waals surface area (Å²) in [6.07, 6.45) is 0.605. The molecule has 0 aliphatic carbocycles. The molecule has 0 saturated heterocycles. The molecule has 68 valence electrons. The molecule has 0 aromatic rings. The van der Waals surface area contributed by atoms with Crippen LogP contribution in [-0.4, -0.2) is 44.7 Å². The molecular weight excluding hydrogens is 149 g/mol. The first-order chi connectivity index (χ1) is 5.35. The molecule has 0 saturated carbocycles. The van der Waals surface area contributed by atoms with E-state index in [4.69, 9.17) is 9.84 Å². The van der Waals surface area contributed by atoms with E-state index in [1.54, 1.807) is 7.11 Å². The molecule has 1 atom stereocenters. The van der Waals surface area contributed by atoms with Crippen LogP contribution in [-0.2, 0) is 4.74 Å². The topological polar surface area (TPSA) is 41.5 Å². The van der Waals surface area contributed by atoms with Gasteiger partial charge >= 0.3 is 0 Å². The van der Waals surface area contributed by atoms with Gasteiger partial charge < -0.3 is 15.2 Å². The molecule has 0 aromatic carbocycles. The Hall–Kier alpha value is -0.190. The van der Waals surface area contributed by atoms with Crippen LogP contribution in [0.5, 0.6) is 0 Å². The molecule has 0 radical (unpaired) electrons. The molecule has 3 nitrogen and oxygen atoms in total. The maximum absolute atomic E-state index is 11.7. The van der Waals surface area contributed by atoms with Crippen molar-refractivity contribution in [1.29, 1.82) is 0 Å². The second-order valence-corrected chi connectivity index (χ2v) is 2.31. The largest absolute Gasteiger partial charge is 0.396 e. The third-order valence-electron chi connectivity index (χ3n) is 1.37. The highest BCUT2D eigenvalue weighted by atomic mass is 19.1. The number of nitrogens with one attached hydrogen (secondary N) is 1. The molecule has 1 unspecified atom stereocenters. The van der Waals surface area contributed by atoms with E-state index in [1.165, 1.54) is 0 Å². The fourth-order valence-corrected chi connectivity index (χ4v) is 0.860. The quantitative estimate of drug-likeness (QED) is 0.555. The van der Waals surface area contributed by atoms with Gasteiger partial charge in [-0.1, -0.05) is 0 Å². The Labute approximate surface area is 66.6 Å². The van der Waals surface area contributed by atoms with Gasteiger partial charge in [0.2, 0.25) is 0 Å². The van der Waals surface area contributed by atoms with E-state index >= 15 is 0 Å². The standard InChI is InChI=1S/C7H16FNO2/c1-11-6-7(2-5-10)9-4-3-8/h7,9-10H,2-6H2,1H3. The lowest BCUT2D eigenvalue weighted by atomic mass is 10.2. The molecule has 2 N–H and O–H groups in total. The number of methoxy groups -OCH3 is 1. The summed E-state index contributed by atoms with van der Waals surface area (Å²) in [7, 11) is 1.58. The average molecular weight is 165 g/mol. The molecule has 0 aliphatic heterocycles. The summed E-state index contributed by atoms with van der Waals surface area (Å²) < 4.78 is 16.5. The highest BCUT2D eigenvalue weighted by Gasteiger charge is 2.05. The molecule has 0 aromatic heterocycles. The van der Waals surface area contributed by atoms with Gasteiger partial charge in [0.05, 0.1) is 6.61 Å². The summed E-state index contributed by atoms with van der Waals surface area (Å²) in [6, 6.07) is 0.0701. The number of aliphatic hydroxyl groups is 1. The monoisotopic (exact) mass is 165 g/mol. The zero-order valence-electron chi connectivity index (χ0n) is 6.85. The fraction of sp³-hybridized carbons (Fsp3) is 1.00. The van der Waals surface area contributed by atoms with E-state index in [0.29, 0.717) is 19.6 Å². The van der Waals surface area contributed by atoms with Crippen molar-refractivity contribution in [3.63, 3.8) is 0 Å². The van der Waals surface area contributed by atoms with E-state index < -0.39 is 0 Å². The lowest BCUT2D eigenvalue weighted by molar-refractivity contribution is 0.147. The van der Waals surface area contributed by atoms with Crippen molar-refractivity contribution in [1.82, 2.24) is 5.32 Å². The fourth-order valence-electron chi connectivity index (χ4n) is 0.860. The Kier molecular flexibility index (Phi) is 7.78. The Balaban J connectivity index is 3.34. The number of halogens is 1. The van der Waals surface area contributed by atoms with Crippen molar-refractivity contribution >= 4 is 0 Å². The molecule has 4 heteroatoms. The second-order valence-electron chi connectivity index (χ2n) is 2.31. The zero-order valence-corrected chi connectivity index (χ0v) is 6.85. The van der Waals surface area contributed by atoms with Gasteiger partial charge in [0.25, 0.3) is 0 Å². The molecule has 0 bridgehead atoms. The summed E-state index contributed by atoms with van der Waals surface area (Å²) in [5, 5.41) is 11.5. The number of alkyl halides is 1. The van der Waals surface area contributed by atoms with Gasteiger partial charge in [-0.05, 0) is 6.42 Å². The Morgan fingerprint density at radius 2 is 2.36 bits per heavy atom. The smallest absolute Gasteiger partial charge is 0.102 e. The predicted octanol–water partition coefficient (Wildman–Crippen LogP) is -0.0571. The number of hydrogen-bond acceptors (Lipinski definition) is 3. The highest BCUT2D eigenvalue weighted by Crippen LogP contribution is 1.90. The first-order valence-electron chi connectivity index (χ1n) is 3.74. The van der Waals surface area contributed by atoms with Gasteiger partial charge in [-0.15, -0.1) is 0 Å². The van der Waals surface area contributed by atoms with E-state index in [2.05, 4.69) is 5.32 Å². The molecule has 0 fully saturated rings. The van der Waals surface area contributed by atoms with Gasteiger partial charge in [-0.3, -0.25) is 0 Å². The van der Waals surface area contributed by atoms with Gasteiger partial charge in [-0.2, -0.15) is 0 Å². The summed E-state index contributed by atoms with van der Waals surface area (Å²) >= 11 is 0. The van der Waals surface area contributed by atoms with Crippen molar-refractivity contribution in [2.75, 3.05) is 33.5 Å². The van der Waals surface area contributed by atoms with Crippen molar-refractivity contribution in [3.8, 4) is 0 Å². The molecule has 0 heterocycles. The Morgan fingerprint density at radius 3 is 2.82 bits per heavy atom. The number of aliphatic hydroxyl groups excluding tert-OH is 1. The minimum Gasteiger partial charge on any atom is -0.396 e. The van der Waals surface area contributed by atoms with Crippen molar-refractivity contribution in [2.45, 2.75) is 12.5 Å². The molecule has 0 amide bonds. The molecule has 0 aliphatic rings. The van der Waals surface area contributed by atoms with Gasteiger partial charge in [0, 0.05) is 26.3 Å². The van der Waals surface area contributed by atoms with Crippen LogP contribution in [0.15, 0.2) is 0 Å². The van der Waals surface area contributed by atoms with Crippen molar-refractivity contribution in [2.24, 2.45) is 0 Å². The Morgan fingerprint density at radius 1 is 1.64 bits per heavy atom. The van der Waals surface area contributed by atoms with E-state index in [-0.39, 0.29) is 19.3 Å². The minimum absolute atomic E-state index is 0.0701. The molecule has 0 spiro atoms. The van der Waals surface area contributed by atoms with E-state index in [1.807, 2.05) is 0 Å². The van der Waals surface area contributed by atoms with Crippen LogP contribution in [0.2, 0.25) is 0 Å². The lowest BCUT2D eigenvalue weighted by Gasteiger charge is -2.15. The Bertz CT molecular complexity index is 76.8. The van der Waals surface area contributed by atoms with Crippen LogP contribution < -0.4 is 5.32 Å². The molecular formula is C7H16FNO2. The average Bonchev–Trinajstić information content (AvgIpc) is 2.01. The third-order valence-corrected chi connectivity index (χ3v) is 1.37. The summed E-state index contributed by atoms with van der Waals surface area (Å²) in [5.41, 5.74) is 0. The number of ether oxygens (including phenoxy) is 1. The first-order valence-corrected chi connectivity index (χ1v) is 3.74. The van der Waals surface area contributed by atoms with Gasteiger partial charge in [0.15, 0.2) is 0 Å². The summed E-state index contributed by atoms with van der Waals surface area (Å²) in [6.45, 7) is 0.563. The molecule has 0 rings (SSSR count). The summed E-state index contributed by atoms with van der Waals surface area (Å²) in [4.78, 5) is 0. The van der Waals surface area contributed by atoms with Crippen LogP contribution in [0.3, 0.4) is 0 Å². The van der Waals surface area contributed by atoms with Crippen molar-refractivity contribution in [3.05, 3.63) is 0 Å². The van der Waals surface area contributed by atoms with Crippen LogP contribution in [0.25, 0.3) is 0 Å². The minimum atomic E-state index is -0.383. The maximum Gasteiger partial charge on any atom is 0.102 e. The summed E-state index contributed by atoms with van der Waals surface area (Å²) in [5.74, 6) is 0. The van der Waals surface area contributed by atoms with Crippen LogP contribution in [0, 0.1) is 0 Å². The van der Waals surface area contributed by atoms with E-state index in [0.717, 1.165) is 0 Å². The normalized spacial score (nSPS) is 13.4. The SMILES string of the molecule is COCC(CCO)NCCF. The van der Waals surface area contributed by atoms with E-state index in [9.17, 15) is 4.39 Å². The molecule has 11 heavy (non-hydrogen) atoms. The third kappa shape index (κ3) is 6.22. The first kappa shape index (κ1) is 10.8.